The molecule has 2 rings (SSSR count). The number of aryl methyl sites for hydroxylation is 1. The quantitative estimate of drug-likeness (QED) is 0.788. The Kier molecular flexibility index (Phi) is 5.55. The van der Waals surface area contributed by atoms with E-state index >= 15 is 0 Å². The molecule has 0 spiro atoms. The maximum absolute atomic E-state index is 5.76. The molecule has 1 N–H and O–H groups in total. The Morgan fingerprint density at radius 1 is 1.40 bits per heavy atom. The average molecular weight is 339 g/mol. The highest BCUT2D eigenvalue weighted by Gasteiger charge is 2.05. The summed E-state index contributed by atoms with van der Waals surface area (Å²) in [6.45, 7) is 4.41. The Hall–Kier alpha value is -1.40. The van der Waals surface area contributed by atoms with Crippen LogP contribution >= 0.6 is 15.9 Å². The predicted octanol–water partition coefficient (Wildman–Crippen LogP) is 2.66. The minimum Gasteiger partial charge on any atom is -0.486 e. The third-order valence-electron chi connectivity index (χ3n) is 2.93. The molecule has 0 fully saturated rings. The largest absolute Gasteiger partial charge is 0.486 e. The summed E-state index contributed by atoms with van der Waals surface area (Å²) in [4.78, 5) is 4.14. The second kappa shape index (κ2) is 7.40. The van der Waals surface area contributed by atoms with Gasteiger partial charge < -0.3 is 10.1 Å². The summed E-state index contributed by atoms with van der Waals surface area (Å²) in [5.74, 6) is 1.64. The van der Waals surface area contributed by atoms with Gasteiger partial charge in [-0.25, -0.2) is 4.98 Å². The van der Waals surface area contributed by atoms with Crippen molar-refractivity contribution >= 4 is 15.9 Å². The highest BCUT2D eigenvalue weighted by atomic mass is 79.9. The fraction of sp³-hybridized carbons (Fsp3) is 0.429. The molecule has 0 aliphatic heterocycles. The van der Waals surface area contributed by atoms with Gasteiger partial charge >= 0.3 is 0 Å². The van der Waals surface area contributed by atoms with Crippen molar-refractivity contribution in [1.82, 2.24) is 20.1 Å². The number of benzene rings is 1. The molecule has 6 heteroatoms. The molecule has 5 nitrogen and oxygen atoms in total. The number of nitrogens with one attached hydrogen (secondary N) is 1. The van der Waals surface area contributed by atoms with E-state index in [-0.39, 0.29) is 0 Å². The van der Waals surface area contributed by atoms with Crippen LogP contribution in [0.15, 0.2) is 29.0 Å². The van der Waals surface area contributed by atoms with Crippen molar-refractivity contribution in [3.63, 3.8) is 0 Å². The lowest BCUT2D eigenvalue weighted by Crippen LogP contribution is -2.14. The molecule has 0 aliphatic carbocycles. The van der Waals surface area contributed by atoms with Crippen LogP contribution in [0.2, 0.25) is 0 Å². The molecule has 2 aromatic rings. The van der Waals surface area contributed by atoms with Gasteiger partial charge in [-0.3, -0.25) is 4.68 Å². The van der Waals surface area contributed by atoms with Gasteiger partial charge in [0.05, 0.1) is 0 Å². The molecule has 1 aromatic heterocycles. The normalized spacial score (nSPS) is 10.8. The number of halogens is 1. The fourth-order valence-electron chi connectivity index (χ4n) is 1.77. The van der Waals surface area contributed by atoms with Gasteiger partial charge in [0.1, 0.15) is 18.7 Å². The molecular formula is C14H19BrN4O. The van der Waals surface area contributed by atoms with Crippen LogP contribution in [0.5, 0.6) is 5.75 Å². The molecule has 108 valence electrons. The number of rotatable bonds is 7. The maximum atomic E-state index is 5.76. The Labute approximate surface area is 127 Å². The van der Waals surface area contributed by atoms with Gasteiger partial charge in [-0.05, 0) is 36.7 Å². The first-order valence-corrected chi connectivity index (χ1v) is 7.44. The van der Waals surface area contributed by atoms with E-state index < -0.39 is 0 Å². The monoisotopic (exact) mass is 338 g/mol. The summed E-state index contributed by atoms with van der Waals surface area (Å²) in [5, 5.41) is 7.40. The zero-order chi connectivity index (χ0) is 14.4. The zero-order valence-corrected chi connectivity index (χ0v) is 13.4. The SMILES string of the molecule is CCCNCc1cc(OCc2ncnn2C)ccc1Br. The molecule has 0 bridgehead atoms. The Balaban J connectivity index is 1.98. The summed E-state index contributed by atoms with van der Waals surface area (Å²) in [6.07, 6.45) is 2.65. The van der Waals surface area contributed by atoms with E-state index in [1.54, 1.807) is 4.68 Å². The van der Waals surface area contributed by atoms with Crippen molar-refractivity contribution < 1.29 is 4.74 Å². The van der Waals surface area contributed by atoms with E-state index in [0.717, 1.165) is 35.6 Å². The van der Waals surface area contributed by atoms with Crippen LogP contribution in [0.3, 0.4) is 0 Å². The molecule has 1 aromatic carbocycles. The van der Waals surface area contributed by atoms with Gasteiger partial charge in [-0.15, -0.1) is 0 Å². The summed E-state index contributed by atoms with van der Waals surface area (Å²) < 4.78 is 8.56. The lowest BCUT2D eigenvalue weighted by Gasteiger charge is -2.10. The fourth-order valence-corrected chi connectivity index (χ4v) is 2.16. The van der Waals surface area contributed by atoms with Crippen LogP contribution in [0, 0.1) is 0 Å². The van der Waals surface area contributed by atoms with E-state index in [0.29, 0.717) is 6.61 Å². The number of hydrogen-bond donors (Lipinski definition) is 1. The van der Waals surface area contributed by atoms with E-state index in [2.05, 4.69) is 38.3 Å². The number of hydrogen-bond acceptors (Lipinski definition) is 4. The molecule has 0 saturated heterocycles. The van der Waals surface area contributed by atoms with Gasteiger partial charge in [0.2, 0.25) is 0 Å². The van der Waals surface area contributed by atoms with Gasteiger partial charge in [-0.1, -0.05) is 22.9 Å². The Morgan fingerprint density at radius 3 is 2.95 bits per heavy atom. The molecule has 20 heavy (non-hydrogen) atoms. The van der Waals surface area contributed by atoms with Crippen LogP contribution in [0.4, 0.5) is 0 Å². The molecule has 0 radical (unpaired) electrons. The minimum absolute atomic E-state index is 0.417. The van der Waals surface area contributed by atoms with Gasteiger partial charge in [0.15, 0.2) is 5.82 Å². The minimum atomic E-state index is 0.417. The van der Waals surface area contributed by atoms with Gasteiger partial charge in [-0.2, -0.15) is 5.10 Å². The summed E-state index contributed by atoms with van der Waals surface area (Å²) in [5.41, 5.74) is 1.19. The average Bonchev–Trinajstić information content (AvgIpc) is 2.85. The molecule has 1 heterocycles. The van der Waals surface area contributed by atoms with E-state index in [1.807, 2.05) is 25.2 Å². The molecule has 0 unspecified atom stereocenters. The standard InChI is InChI=1S/C14H19BrN4O/c1-3-6-16-8-11-7-12(4-5-13(11)15)20-9-14-17-10-18-19(14)2/h4-5,7,10,16H,3,6,8-9H2,1-2H3. The van der Waals surface area contributed by atoms with Crippen molar-refractivity contribution in [2.75, 3.05) is 6.54 Å². The highest BCUT2D eigenvalue weighted by Crippen LogP contribution is 2.23. The molecule has 0 saturated carbocycles. The maximum Gasteiger partial charge on any atom is 0.164 e. The molecule has 0 atom stereocenters. The Morgan fingerprint density at radius 2 is 2.25 bits per heavy atom. The second-order valence-electron chi connectivity index (χ2n) is 4.52. The van der Waals surface area contributed by atoms with E-state index in [4.69, 9.17) is 4.74 Å². The molecule has 0 amide bonds. The lowest BCUT2D eigenvalue weighted by atomic mass is 10.2. The predicted molar refractivity (Wildman–Crippen MR) is 81.5 cm³/mol. The number of ether oxygens (including phenoxy) is 1. The lowest BCUT2D eigenvalue weighted by molar-refractivity contribution is 0.289. The number of nitrogens with zero attached hydrogens (tertiary/aromatic N) is 3. The van der Waals surface area contributed by atoms with Crippen LogP contribution in [-0.2, 0) is 20.2 Å². The molecular weight excluding hydrogens is 320 g/mol. The summed E-state index contributed by atoms with van der Waals surface area (Å²) in [6, 6.07) is 6.00. The summed E-state index contributed by atoms with van der Waals surface area (Å²) >= 11 is 3.56. The van der Waals surface area contributed by atoms with Crippen molar-refractivity contribution in [2.45, 2.75) is 26.5 Å². The molecule has 0 aliphatic rings. The Bertz CT molecular complexity index is 556. The second-order valence-corrected chi connectivity index (χ2v) is 5.37. The van der Waals surface area contributed by atoms with Crippen LogP contribution in [0.1, 0.15) is 24.7 Å². The first kappa shape index (κ1) is 15.0. The van der Waals surface area contributed by atoms with Gasteiger partial charge in [0, 0.05) is 18.1 Å². The van der Waals surface area contributed by atoms with Crippen molar-refractivity contribution in [1.29, 1.82) is 0 Å². The van der Waals surface area contributed by atoms with Gasteiger partial charge in [0.25, 0.3) is 0 Å². The zero-order valence-electron chi connectivity index (χ0n) is 11.8. The number of aromatic nitrogens is 3. The van der Waals surface area contributed by atoms with Crippen molar-refractivity contribution in [3.05, 3.63) is 40.4 Å². The van der Waals surface area contributed by atoms with Crippen LogP contribution in [-0.4, -0.2) is 21.3 Å². The highest BCUT2D eigenvalue weighted by molar-refractivity contribution is 9.10. The van der Waals surface area contributed by atoms with Crippen LogP contribution in [0.25, 0.3) is 0 Å². The third kappa shape index (κ3) is 4.05. The van der Waals surface area contributed by atoms with Crippen molar-refractivity contribution in [3.8, 4) is 5.75 Å². The smallest absolute Gasteiger partial charge is 0.164 e. The first-order valence-electron chi connectivity index (χ1n) is 6.65. The van der Waals surface area contributed by atoms with Crippen LogP contribution < -0.4 is 10.1 Å². The van der Waals surface area contributed by atoms with E-state index in [9.17, 15) is 0 Å². The topological polar surface area (TPSA) is 52.0 Å². The van der Waals surface area contributed by atoms with Crippen molar-refractivity contribution in [2.24, 2.45) is 7.05 Å². The first-order chi connectivity index (χ1) is 9.70. The third-order valence-corrected chi connectivity index (χ3v) is 3.71. The van der Waals surface area contributed by atoms with E-state index in [1.165, 1.54) is 11.9 Å². The summed E-state index contributed by atoms with van der Waals surface area (Å²) in [7, 11) is 1.85.